The van der Waals surface area contributed by atoms with Crippen LogP contribution < -0.4 is 10.6 Å². The molecule has 0 aromatic carbocycles. The molecule has 0 saturated heterocycles. The van der Waals surface area contributed by atoms with Gasteiger partial charge in [0.25, 0.3) is 5.91 Å². The molecule has 0 spiro atoms. The molecule has 0 bridgehead atoms. The number of amides is 1. The van der Waals surface area contributed by atoms with E-state index in [1.807, 2.05) is 20.0 Å². The first-order chi connectivity index (χ1) is 10.2. The fraction of sp³-hybridized carbons (Fsp3) is 0.647. The lowest BCUT2D eigenvalue weighted by molar-refractivity contribution is 0.0911. The van der Waals surface area contributed by atoms with Crippen LogP contribution in [0.25, 0.3) is 0 Å². The standard InChI is InChI=1S/C17H27N3O/c1-4-15(13-8-6-5-7-9-13)20-17(21)14-11-19-12(2)10-16(14)18-3/h10-11,13,15H,4-9H2,1-3H3,(H,18,19)(H,20,21). The van der Waals surface area contributed by atoms with Crippen LogP contribution in [0.5, 0.6) is 0 Å². The molecule has 116 valence electrons. The number of nitrogens with one attached hydrogen (secondary N) is 2. The summed E-state index contributed by atoms with van der Waals surface area (Å²) in [6.07, 6.45) is 9.07. The smallest absolute Gasteiger partial charge is 0.255 e. The average molecular weight is 289 g/mol. The Morgan fingerprint density at radius 1 is 1.38 bits per heavy atom. The van der Waals surface area contributed by atoms with Crippen molar-refractivity contribution < 1.29 is 4.79 Å². The molecule has 1 unspecified atom stereocenters. The van der Waals surface area contributed by atoms with Crippen LogP contribution >= 0.6 is 0 Å². The Morgan fingerprint density at radius 3 is 2.71 bits per heavy atom. The van der Waals surface area contributed by atoms with Gasteiger partial charge in [-0.05, 0) is 38.2 Å². The molecule has 1 amide bonds. The van der Waals surface area contributed by atoms with E-state index in [4.69, 9.17) is 0 Å². The number of aryl methyl sites for hydroxylation is 1. The Kier molecular flexibility index (Phi) is 5.59. The van der Waals surface area contributed by atoms with Gasteiger partial charge in [0, 0.05) is 25.0 Å². The largest absolute Gasteiger partial charge is 0.387 e. The van der Waals surface area contributed by atoms with Crippen LogP contribution in [0, 0.1) is 12.8 Å². The highest BCUT2D eigenvalue weighted by Crippen LogP contribution is 2.28. The van der Waals surface area contributed by atoms with E-state index < -0.39 is 0 Å². The topological polar surface area (TPSA) is 54.0 Å². The zero-order chi connectivity index (χ0) is 15.2. The molecule has 1 atom stereocenters. The number of carbonyl (C=O) groups is 1. The van der Waals surface area contributed by atoms with Crippen LogP contribution in [0.3, 0.4) is 0 Å². The van der Waals surface area contributed by atoms with Gasteiger partial charge in [-0.2, -0.15) is 0 Å². The van der Waals surface area contributed by atoms with Crippen molar-refractivity contribution in [3.8, 4) is 0 Å². The maximum Gasteiger partial charge on any atom is 0.255 e. The summed E-state index contributed by atoms with van der Waals surface area (Å²) in [6, 6.07) is 2.19. The normalized spacial score (nSPS) is 17.3. The summed E-state index contributed by atoms with van der Waals surface area (Å²) in [5.41, 5.74) is 2.39. The van der Waals surface area contributed by atoms with Crippen molar-refractivity contribution >= 4 is 11.6 Å². The minimum Gasteiger partial charge on any atom is -0.387 e. The number of rotatable bonds is 5. The monoisotopic (exact) mass is 289 g/mol. The molecule has 4 nitrogen and oxygen atoms in total. The van der Waals surface area contributed by atoms with E-state index in [-0.39, 0.29) is 11.9 Å². The molecular formula is C17H27N3O. The van der Waals surface area contributed by atoms with Crippen molar-refractivity contribution in [1.29, 1.82) is 0 Å². The molecule has 0 aliphatic heterocycles. The van der Waals surface area contributed by atoms with Crippen LogP contribution in [-0.4, -0.2) is 24.0 Å². The molecule has 1 aliphatic carbocycles. The van der Waals surface area contributed by atoms with Crippen molar-refractivity contribution in [1.82, 2.24) is 10.3 Å². The Hall–Kier alpha value is -1.58. The number of hydrogen-bond acceptors (Lipinski definition) is 3. The lowest BCUT2D eigenvalue weighted by Crippen LogP contribution is -2.40. The quantitative estimate of drug-likeness (QED) is 0.872. The summed E-state index contributed by atoms with van der Waals surface area (Å²) >= 11 is 0. The maximum absolute atomic E-state index is 12.6. The first kappa shape index (κ1) is 15.8. The molecule has 1 aromatic rings. The number of nitrogens with zero attached hydrogens (tertiary/aromatic N) is 1. The van der Waals surface area contributed by atoms with Crippen molar-refractivity contribution in [3.63, 3.8) is 0 Å². The first-order valence-electron chi connectivity index (χ1n) is 8.11. The molecule has 1 saturated carbocycles. The van der Waals surface area contributed by atoms with E-state index in [0.717, 1.165) is 17.8 Å². The van der Waals surface area contributed by atoms with Crippen LogP contribution in [-0.2, 0) is 0 Å². The molecule has 21 heavy (non-hydrogen) atoms. The van der Waals surface area contributed by atoms with E-state index in [2.05, 4.69) is 22.5 Å². The summed E-state index contributed by atoms with van der Waals surface area (Å²) in [5.74, 6) is 0.619. The van der Waals surface area contributed by atoms with E-state index in [1.54, 1.807) is 6.20 Å². The molecule has 2 rings (SSSR count). The van der Waals surface area contributed by atoms with Crippen LogP contribution in [0.4, 0.5) is 5.69 Å². The predicted molar refractivity (Wildman–Crippen MR) is 86.6 cm³/mol. The van der Waals surface area contributed by atoms with Crippen molar-refractivity contribution in [2.24, 2.45) is 5.92 Å². The van der Waals surface area contributed by atoms with Gasteiger partial charge >= 0.3 is 0 Å². The lowest BCUT2D eigenvalue weighted by atomic mass is 9.83. The third-order valence-electron chi connectivity index (χ3n) is 4.53. The van der Waals surface area contributed by atoms with E-state index >= 15 is 0 Å². The predicted octanol–water partition coefficient (Wildman–Crippen LogP) is 3.52. The number of hydrogen-bond donors (Lipinski definition) is 2. The minimum atomic E-state index is -0.00993. The molecular weight excluding hydrogens is 262 g/mol. The number of anilines is 1. The summed E-state index contributed by atoms with van der Waals surface area (Å²) < 4.78 is 0. The Labute approximate surface area is 127 Å². The van der Waals surface area contributed by atoms with Gasteiger partial charge in [-0.25, -0.2) is 0 Å². The fourth-order valence-electron chi connectivity index (χ4n) is 3.28. The Morgan fingerprint density at radius 2 is 2.10 bits per heavy atom. The van der Waals surface area contributed by atoms with Gasteiger partial charge in [-0.1, -0.05) is 26.2 Å². The van der Waals surface area contributed by atoms with Gasteiger partial charge in [0.1, 0.15) is 0 Å². The molecule has 1 fully saturated rings. The number of aromatic nitrogens is 1. The second kappa shape index (κ2) is 7.43. The number of carbonyl (C=O) groups excluding carboxylic acids is 1. The van der Waals surface area contributed by atoms with Gasteiger partial charge in [-0.15, -0.1) is 0 Å². The summed E-state index contributed by atoms with van der Waals surface area (Å²) in [6.45, 7) is 4.09. The first-order valence-corrected chi connectivity index (χ1v) is 8.11. The van der Waals surface area contributed by atoms with Crippen LogP contribution in [0.2, 0.25) is 0 Å². The third kappa shape index (κ3) is 3.96. The summed E-state index contributed by atoms with van der Waals surface area (Å²) in [7, 11) is 1.84. The highest BCUT2D eigenvalue weighted by atomic mass is 16.1. The number of pyridine rings is 1. The molecule has 1 heterocycles. The van der Waals surface area contributed by atoms with E-state index in [9.17, 15) is 4.79 Å². The Bertz CT molecular complexity index is 481. The van der Waals surface area contributed by atoms with Crippen LogP contribution in [0.1, 0.15) is 61.5 Å². The fourth-order valence-corrected chi connectivity index (χ4v) is 3.28. The van der Waals surface area contributed by atoms with Gasteiger partial charge in [0.2, 0.25) is 0 Å². The zero-order valence-electron chi connectivity index (χ0n) is 13.4. The SMILES string of the molecule is CCC(NC(=O)c1cnc(C)cc1NC)C1CCCCC1. The highest BCUT2D eigenvalue weighted by Gasteiger charge is 2.24. The van der Waals surface area contributed by atoms with E-state index in [1.165, 1.54) is 32.1 Å². The summed E-state index contributed by atoms with van der Waals surface area (Å²) in [5, 5.41) is 6.32. The highest BCUT2D eigenvalue weighted by molar-refractivity contribution is 5.99. The average Bonchev–Trinajstić information content (AvgIpc) is 2.53. The van der Waals surface area contributed by atoms with Crippen molar-refractivity contribution in [3.05, 3.63) is 23.5 Å². The van der Waals surface area contributed by atoms with Gasteiger partial charge < -0.3 is 10.6 Å². The molecule has 2 N–H and O–H groups in total. The summed E-state index contributed by atoms with van der Waals surface area (Å²) in [4.78, 5) is 16.8. The van der Waals surface area contributed by atoms with Crippen LogP contribution in [0.15, 0.2) is 12.3 Å². The van der Waals surface area contributed by atoms with Gasteiger partial charge in [0.15, 0.2) is 0 Å². The maximum atomic E-state index is 12.6. The van der Waals surface area contributed by atoms with Gasteiger partial charge in [-0.3, -0.25) is 9.78 Å². The van der Waals surface area contributed by atoms with Gasteiger partial charge in [0.05, 0.1) is 11.3 Å². The lowest BCUT2D eigenvalue weighted by Gasteiger charge is -2.30. The minimum absolute atomic E-state index is 0.00993. The Balaban J connectivity index is 2.08. The van der Waals surface area contributed by atoms with Crippen molar-refractivity contribution in [2.45, 2.75) is 58.4 Å². The molecule has 1 aromatic heterocycles. The zero-order valence-corrected chi connectivity index (χ0v) is 13.4. The second-order valence-electron chi connectivity index (χ2n) is 6.01. The molecule has 0 radical (unpaired) electrons. The molecule has 1 aliphatic rings. The van der Waals surface area contributed by atoms with Crippen molar-refractivity contribution in [2.75, 3.05) is 12.4 Å². The third-order valence-corrected chi connectivity index (χ3v) is 4.53. The second-order valence-corrected chi connectivity index (χ2v) is 6.01. The van der Waals surface area contributed by atoms with E-state index in [0.29, 0.717) is 11.5 Å². The molecule has 4 heteroatoms.